The average Bonchev–Trinajstić information content (AvgIpc) is 2.15. The SMILES string of the molecule is O=Cc1c(C(F)(F)F)cnc(C(F)F)c1F. The predicted octanol–water partition coefficient (Wildman–Crippen LogP) is 2.99. The second-order valence-electron chi connectivity index (χ2n) is 2.70. The highest BCUT2D eigenvalue weighted by Crippen LogP contribution is 2.33. The molecule has 0 aliphatic rings. The van der Waals surface area contributed by atoms with Crippen molar-refractivity contribution in [2.45, 2.75) is 12.6 Å². The lowest BCUT2D eigenvalue weighted by atomic mass is 10.1. The smallest absolute Gasteiger partial charge is 0.298 e. The lowest BCUT2D eigenvalue weighted by Gasteiger charge is -2.11. The van der Waals surface area contributed by atoms with Crippen LogP contribution in [0.3, 0.4) is 0 Å². The van der Waals surface area contributed by atoms with Gasteiger partial charge in [0.1, 0.15) is 5.69 Å². The lowest BCUT2D eigenvalue weighted by molar-refractivity contribution is -0.138. The number of aromatic nitrogens is 1. The second kappa shape index (κ2) is 4.11. The first-order chi connectivity index (χ1) is 7.29. The minimum absolute atomic E-state index is 0.00824. The van der Waals surface area contributed by atoms with E-state index in [1.165, 1.54) is 0 Å². The molecule has 1 rings (SSSR count). The van der Waals surface area contributed by atoms with Crippen LogP contribution in [0.25, 0.3) is 0 Å². The molecule has 0 aromatic carbocycles. The Morgan fingerprint density at radius 2 is 1.88 bits per heavy atom. The van der Waals surface area contributed by atoms with E-state index in [9.17, 15) is 31.1 Å². The van der Waals surface area contributed by atoms with Crippen LogP contribution in [0.1, 0.15) is 28.0 Å². The van der Waals surface area contributed by atoms with Gasteiger partial charge in [-0.2, -0.15) is 13.2 Å². The molecule has 0 radical (unpaired) electrons. The van der Waals surface area contributed by atoms with Crippen molar-refractivity contribution in [3.63, 3.8) is 0 Å². The topological polar surface area (TPSA) is 30.0 Å². The molecule has 1 aromatic rings. The Morgan fingerprint density at radius 3 is 2.25 bits per heavy atom. The highest BCUT2D eigenvalue weighted by molar-refractivity contribution is 5.78. The summed E-state index contributed by atoms with van der Waals surface area (Å²) >= 11 is 0. The van der Waals surface area contributed by atoms with Crippen molar-refractivity contribution in [1.82, 2.24) is 4.98 Å². The molecule has 2 nitrogen and oxygen atoms in total. The van der Waals surface area contributed by atoms with Crippen LogP contribution in [-0.2, 0) is 6.18 Å². The van der Waals surface area contributed by atoms with Gasteiger partial charge in [0, 0.05) is 6.20 Å². The van der Waals surface area contributed by atoms with Crippen molar-refractivity contribution in [3.8, 4) is 0 Å². The number of carbonyl (C=O) groups is 1. The molecule has 88 valence electrons. The summed E-state index contributed by atoms with van der Waals surface area (Å²) in [4.78, 5) is 12.9. The van der Waals surface area contributed by atoms with Gasteiger partial charge in [-0.15, -0.1) is 0 Å². The Kier molecular flexibility index (Phi) is 3.20. The van der Waals surface area contributed by atoms with E-state index in [1.54, 1.807) is 0 Å². The number of aldehydes is 1. The largest absolute Gasteiger partial charge is 0.418 e. The molecule has 8 heteroatoms. The van der Waals surface area contributed by atoms with Gasteiger partial charge >= 0.3 is 6.18 Å². The summed E-state index contributed by atoms with van der Waals surface area (Å²) < 4.78 is 73.8. The number of rotatable bonds is 2. The maximum atomic E-state index is 13.0. The fraction of sp³-hybridized carbons (Fsp3) is 0.250. The number of alkyl halides is 5. The van der Waals surface area contributed by atoms with Gasteiger partial charge in [-0.25, -0.2) is 13.2 Å². The van der Waals surface area contributed by atoms with Gasteiger partial charge in [0.25, 0.3) is 6.43 Å². The number of hydrogen-bond donors (Lipinski definition) is 0. The number of hydrogen-bond acceptors (Lipinski definition) is 2. The van der Waals surface area contributed by atoms with E-state index >= 15 is 0 Å². The normalized spacial score (nSPS) is 11.9. The minimum Gasteiger partial charge on any atom is -0.298 e. The van der Waals surface area contributed by atoms with Gasteiger partial charge in [0.05, 0.1) is 11.1 Å². The van der Waals surface area contributed by atoms with Crippen LogP contribution in [-0.4, -0.2) is 11.3 Å². The Morgan fingerprint density at radius 1 is 1.31 bits per heavy atom. The lowest BCUT2D eigenvalue weighted by Crippen LogP contribution is -2.13. The first kappa shape index (κ1) is 12.5. The Labute approximate surface area is 84.9 Å². The van der Waals surface area contributed by atoms with E-state index in [-0.39, 0.29) is 6.20 Å². The number of pyridine rings is 1. The van der Waals surface area contributed by atoms with Crippen LogP contribution in [0.15, 0.2) is 6.20 Å². The van der Waals surface area contributed by atoms with Crippen LogP contribution in [0.2, 0.25) is 0 Å². The molecule has 0 saturated carbocycles. The summed E-state index contributed by atoms with van der Waals surface area (Å²) in [6.45, 7) is 0. The van der Waals surface area contributed by atoms with Gasteiger partial charge < -0.3 is 0 Å². The third-order valence-corrected chi connectivity index (χ3v) is 1.71. The van der Waals surface area contributed by atoms with Crippen molar-refractivity contribution in [2.24, 2.45) is 0 Å². The van der Waals surface area contributed by atoms with Crippen LogP contribution < -0.4 is 0 Å². The van der Waals surface area contributed by atoms with Gasteiger partial charge in [-0.3, -0.25) is 9.78 Å². The summed E-state index contributed by atoms with van der Waals surface area (Å²) in [5.41, 5.74) is -4.61. The molecular weight excluding hydrogens is 240 g/mol. The monoisotopic (exact) mass is 243 g/mol. The van der Waals surface area contributed by atoms with Crippen LogP contribution >= 0.6 is 0 Å². The molecule has 1 heterocycles. The van der Waals surface area contributed by atoms with Crippen LogP contribution in [0, 0.1) is 5.82 Å². The highest BCUT2D eigenvalue weighted by atomic mass is 19.4. The van der Waals surface area contributed by atoms with Crippen molar-refractivity contribution in [1.29, 1.82) is 0 Å². The summed E-state index contributed by atoms with van der Waals surface area (Å²) in [5, 5.41) is 0. The molecule has 0 N–H and O–H groups in total. The number of nitrogens with zero attached hydrogens (tertiary/aromatic N) is 1. The van der Waals surface area contributed by atoms with Crippen molar-refractivity contribution in [2.75, 3.05) is 0 Å². The average molecular weight is 243 g/mol. The molecule has 0 spiro atoms. The fourth-order valence-corrected chi connectivity index (χ4v) is 1.01. The zero-order chi connectivity index (χ0) is 12.5. The maximum absolute atomic E-state index is 13.0. The fourth-order valence-electron chi connectivity index (χ4n) is 1.01. The first-order valence-corrected chi connectivity index (χ1v) is 3.78. The zero-order valence-electron chi connectivity index (χ0n) is 7.36. The van der Waals surface area contributed by atoms with Gasteiger partial charge in [-0.05, 0) is 0 Å². The quantitative estimate of drug-likeness (QED) is 0.590. The Hall–Kier alpha value is -1.60. The standard InChI is InChI=1S/C8H3F6NO/c9-5-3(2-16)4(8(12,13)14)1-15-6(5)7(10)11/h1-2,7H. The second-order valence-corrected chi connectivity index (χ2v) is 2.70. The van der Waals surface area contributed by atoms with Crippen LogP contribution in [0.4, 0.5) is 26.3 Å². The summed E-state index contributed by atoms with van der Waals surface area (Å²) in [7, 11) is 0. The van der Waals surface area contributed by atoms with Gasteiger partial charge in [-0.1, -0.05) is 0 Å². The molecule has 0 amide bonds. The zero-order valence-corrected chi connectivity index (χ0v) is 7.36. The molecule has 0 bridgehead atoms. The number of carbonyl (C=O) groups excluding carboxylic acids is 1. The molecule has 0 aliphatic carbocycles. The molecule has 0 aliphatic heterocycles. The molecule has 0 unspecified atom stereocenters. The summed E-state index contributed by atoms with van der Waals surface area (Å²) in [6, 6.07) is 0. The molecule has 1 aromatic heterocycles. The predicted molar refractivity (Wildman–Crippen MR) is 39.5 cm³/mol. The van der Waals surface area contributed by atoms with Crippen molar-refractivity contribution in [3.05, 3.63) is 28.8 Å². The number of halogens is 6. The summed E-state index contributed by atoms with van der Waals surface area (Å²) in [5.74, 6) is -1.94. The third kappa shape index (κ3) is 2.15. The maximum Gasteiger partial charge on any atom is 0.418 e. The van der Waals surface area contributed by atoms with Crippen LogP contribution in [0.5, 0.6) is 0 Å². The third-order valence-electron chi connectivity index (χ3n) is 1.71. The Balaban J connectivity index is 3.47. The minimum atomic E-state index is -5.02. The van der Waals surface area contributed by atoms with Crippen molar-refractivity contribution < 1.29 is 31.1 Å². The van der Waals surface area contributed by atoms with E-state index in [2.05, 4.69) is 4.98 Å². The van der Waals surface area contributed by atoms with E-state index in [4.69, 9.17) is 0 Å². The van der Waals surface area contributed by atoms with Gasteiger partial charge in [0.2, 0.25) is 0 Å². The van der Waals surface area contributed by atoms with E-state index in [0.717, 1.165) is 0 Å². The molecule has 16 heavy (non-hydrogen) atoms. The molecular formula is C8H3F6NO. The Bertz CT molecular complexity index is 414. The van der Waals surface area contributed by atoms with E-state index in [1.807, 2.05) is 0 Å². The molecule has 0 saturated heterocycles. The van der Waals surface area contributed by atoms with E-state index in [0.29, 0.717) is 0 Å². The van der Waals surface area contributed by atoms with Crippen molar-refractivity contribution >= 4 is 6.29 Å². The van der Waals surface area contributed by atoms with Gasteiger partial charge in [0.15, 0.2) is 12.1 Å². The summed E-state index contributed by atoms with van der Waals surface area (Å²) in [6.07, 6.45) is -8.87. The van der Waals surface area contributed by atoms with E-state index < -0.39 is 41.5 Å². The highest BCUT2D eigenvalue weighted by Gasteiger charge is 2.36. The molecule has 0 fully saturated rings. The first-order valence-electron chi connectivity index (χ1n) is 3.78. The molecule has 0 atom stereocenters.